The molecule has 4 aromatic rings. The number of amides is 2. The third kappa shape index (κ3) is 8.98. The number of aryl methyl sites for hydroxylation is 3. The van der Waals surface area contributed by atoms with Gasteiger partial charge >= 0.3 is 0 Å². The van der Waals surface area contributed by atoms with Crippen LogP contribution in [0.5, 0.6) is 0 Å². The number of sulfonamides is 1. The van der Waals surface area contributed by atoms with Gasteiger partial charge in [-0.2, -0.15) is 0 Å². The molecule has 2 amide bonds. The number of nitrogens with zero attached hydrogens (tertiary/aromatic N) is 2. The van der Waals surface area contributed by atoms with Crippen molar-refractivity contribution in [2.45, 2.75) is 71.0 Å². The molecule has 9 heteroatoms. The van der Waals surface area contributed by atoms with Crippen molar-refractivity contribution in [1.82, 2.24) is 10.2 Å². The van der Waals surface area contributed by atoms with Gasteiger partial charge in [-0.15, -0.1) is 0 Å². The van der Waals surface area contributed by atoms with Crippen molar-refractivity contribution < 1.29 is 18.0 Å². The largest absolute Gasteiger partial charge is 0.350 e. The molecule has 0 radical (unpaired) electrons. The lowest BCUT2D eigenvalue weighted by Crippen LogP contribution is -2.56. The van der Waals surface area contributed by atoms with Gasteiger partial charge in [-0.25, -0.2) is 8.42 Å². The Morgan fingerprint density at radius 3 is 1.96 bits per heavy atom. The van der Waals surface area contributed by atoms with Crippen LogP contribution >= 0.6 is 11.6 Å². The quantitative estimate of drug-likeness (QED) is 0.188. The summed E-state index contributed by atoms with van der Waals surface area (Å²) < 4.78 is 29.5. The second kappa shape index (κ2) is 14.5. The lowest BCUT2D eigenvalue weighted by atomic mass is 10.0. The van der Waals surface area contributed by atoms with Crippen LogP contribution in [0.2, 0.25) is 5.02 Å². The van der Waals surface area contributed by atoms with Crippen LogP contribution in [0.3, 0.4) is 0 Å². The highest BCUT2D eigenvalue weighted by molar-refractivity contribution is 7.92. The third-order valence-electron chi connectivity index (χ3n) is 7.57. The predicted molar refractivity (Wildman–Crippen MR) is 185 cm³/mol. The summed E-state index contributed by atoms with van der Waals surface area (Å²) in [5, 5.41) is 3.42. The molecule has 7 nitrogen and oxygen atoms in total. The zero-order valence-electron chi connectivity index (χ0n) is 27.2. The van der Waals surface area contributed by atoms with E-state index in [2.05, 4.69) is 5.32 Å². The fourth-order valence-corrected chi connectivity index (χ4v) is 6.58. The molecule has 0 saturated heterocycles. The highest BCUT2D eigenvalue weighted by Gasteiger charge is 2.35. The number of carbonyl (C=O) groups excluding carboxylic acids is 2. The predicted octanol–water partition coefficient (Wildman–Crippen LogP) is 7.02. The topological polar surface area (TPSA) is 86.8 Å². The van der Waals surface area contributed by atoms with Crippen molar-refractivity contribution in [3.05, 3.63) is 130 Å². The Morgan fingerprint density at radius 1 is 0.804 bits per heavy atom. The number of anilines is 1. The summed E-state index contributed by atoms with van der Waals surface area (Å²) in [6.07, 6.45) is 0.238. The summed E-state index contributed by atoms with van der Waals surface area (Å²) in [5.74, 6) is -0.860. The van der Waals surface area contributed by atoms with Gasteiger partial charge < -0.3 is 10.2 Å². The molecule has 1 atom stereocenters. The average Bonchev–Trinajstić information content (AvgIpc) is 2.99. The van der Waals surface area contributed by atoms with Gasteiger partial charge in [0.25, 0.3) is 10.0 Å². The minimum absolute atomic E-state index is 0.0407. The van der Waals surface area contributed by atoms with Crippen LogP contribution in [0.25, 0.3) is 0 Å². The van der Waals surface area contributed by atoms with E-state index in [1.807, 2.05) is 96.1 Å². The Kier molecular flexibility index (Phi) is 11.0. The summed E-state index contributed by atoms with van der Waals surface area (Å²) in [4.78, 5) is 30.1. The molecule has 0 aliphatic rings. The molecule has 0 aliphatic heterocycles. The summed E-state index contributed by atoms with van der Waals surface area (Å²) in [6.45, 7) is 10.9. The van der Waals surface area contributed by atoms with Crippen molar-refractivity contribution in [2.24, 2.45) is 0 Å². The molecule has 0 aromatic heterocycles. The third-order valence-corrected chi connectivity index (χ3v) is 9.77. The number of hydrogen-bond donors (Lipinski definition) is 1. The van der Waals surface area contributed by atoms with Crippen LogP contribution in [-0.2, 0) is 32.6 Å². The van der Waals surface area contributed by atoms with Gasteiger partial charge in [0.1, 0.15) is 12.6 Å². The van der Waals surface area contributed by atoms with Gasteiger partial charge in [0.15, 0.2) is 0 Å². The molecule has 0 fully saturated rings. The van der Waals surface area contributed by atoms with E-state index in [4.69, 9.17) is 11.6 Å². The number of benzene rings is 4. The zero-order chi connectivity index (χ0) is 33.6. The first kappa shape index (κ1) is 34.7. The van der Waals surface area contributed by atoms with Gasteiger partial charge in [0, 0.05) is 23.5 Å². The zero-order valence-corrected chi connectivity index (χ0v) is 28.8. The molecule has 1 N–H and O–H groups in total. The first-order chi connectivity index (χ1) is 21.6. The fraction of sp³-hybridized carbons (Fsp3) is 0.297. The standard InChI is InChI=1S/C37H42ClN3O4S/c1-26-12-17-30(18-13-26)24-40(34(36(43)39-37(4,5)6)22-29-10-8-7-9-11-29)35(42)25-41(31-19-16-28(3)33(38)23-31)46(44,45)32-20-14-27(2)15-21-32/h7-21,23,34H,22,24-25H2,1-6H3,(H,39,43)/t34-/m1/s1. The van der Waals surface area contributed by atoms with E-state index in [0.717, 1.165) is 32.1 Å². The molecule has 4 rings (SSSR count). The normalized spacial score (nSPS) is 12.3. The second-order valence-corrected chi connectivity index (χ2v) is 15.0. The number of hydrogen-bond acceptors (Lipinski definition) is 4. The summed E-state index contributed by atoms with van der Waals surface area (Å²) in [5.41, 5.74) is 4.09. The van der Waals surface area contributed by atoms with Crippen LogP contribution in [0, 0.1) is 20.8 Å². The maximum Gasteiger partial charge on any atom is 0.264 e. The molecule has 242 valence electrons. The summed E-state index contributed by atoms with van der Waals surface area (Å²) in [6, 6.07) is 27.7. The average molecular weight is 660 g/mol. The van der Waals surface area contributed by atoms with E-state index in [1.165, 1.54) is 17.0 Å². The number of halogens is 1. The maximum absolute atomic E-state index is 14.6. The number of rotatable bonds is 11. The molecule has 46 heavy (non-hydrogen) atoms. The molecular weight excluding hydrogens is 618 g/mol. The van der Waals surface area contributed by atoms with E-state index in [0.29, 0.717) is 5.02 Å². The van der Waals surface area contributed by atoms with Gasteiger partial charge in [-0.1, -0.05) is 95.5 Å². The van der Waals surface area contributed by atoms with Crippen LogP contribution < -0.4 is 9.62 Å². The molecule has 0 aliphatic carbocycles. The van der Waals surface area contributed by atoms with E-state index >= 15 is 0 Å². The van der Waals surface area contributed by atoms with Gasteiger partial charge in [-0.3, -0.25) is 13.9 Å². The van der Waals surface area contributed by atoms with Crippen LogP contribution in [0.15, 0.2) is 102 Å². The van der Waals surface area contributed by atoms with Crippen molar-refractivity contribution in [3.8, 4) is 0 Å². The van der Waals surface area contributed by atoms with Crippen LogP contribution in [-0.4, -0.2) is 43.3 Å². The maximum atomic E-state index is 14.6. The molecule has 0 saturated carbocycles. The lowest BCUT2D eigenvalue weighted by Gasteiger charge is -2.35. The minimum atomic E-state index is -4.21. The monoisotopic (exact) mass is 659 g/mol. The first-order valence-electron chi connectivity index (χ1n) is 15.2. The molecule has 4 aromatic carbocycles. The van der Waals surface area contributed by atoms with E-state index in [1.54, 1.807) is 30.3 Å². The van der Waals surface area contributed by atoms with Crippen LogP contribution in [0.1, 0.15) is 48.6 Å². The Morgan fingerprint density at radius 2 is 1.39 bits per heavy atom. The highest BCUT2D eigenvalue weighted by Crippen LogP contribution is 2.29. The summed E-state index contributed by atoms with van der Waals surface area (Å²) in [7, 11) is -4.21. The van der Waals surface area contributed by atoms with Gasteiger partial charge in [0.05, 0.1) is 10.6 Å². The smallest absolute Gasteiger partial charge is 0.264 e. The van der Waals surface area contributed by atoms with E-state index in [9.17, 15) is 18.0 Å². The van der Waals surface area contributed by atoms with Gasteiger partial charge in [-0.05, 0) is 82.5 Å². The number of carbonyl (C=O) groups is 2. The Hall–Kier alpha value is -4.14. The molecular formula is C37H42ClN3O4S. The number of nitrogens with one attached hydrogen (secondary N) is 1. The highest BCUT2D eigenvalue weighted by atomic mass is 35.5. The Bertz CT molecular complexity index is 1770. The molecule has 0 bridgehead atoms. The van der Waals surface area contributed by atoms with Gasteiger partial charge in [0.2, 0.25) is 11.8 Å². The molecule has 0 unspecified atom stereocenters. The molecule has 0 spiro atoms. The van der Waals surface area contributed by atoms with Crippen molar-refractivity contribution in [2.75, 3.05) is 10.8 Å². The summed E-state index contributed by atoms with van der Waals surface area (Å²) >= 11 is 6.47. The van der Waals surface area contributed by atoms with E-state index in [-0.39, 0.29) is 29.5 Å². The Labute approximate surface area is 278 Å². The lowest BCUT2D eigenvalue weighted by molar-refractivity contribution is -0.140. The van der Waals surface area contributed by atoms with Crippen molar-refractivity contribution in [1.29, 1.82) is 0 Å². The SMILES string of the molecule is Cc1ccc(CN(C(=O)CN(c2ccc(C)c(Cl)c2)S(=O)(=O)c2ccc(C)cc2)[C@H](Cc2ccccc2)C(=O)NC(C)(C)C)cc1. The molecule has 0 heterocycles. The van der Waals surface area contributed by atoms with Crippen LogP contribution in [0.4, 0.5) is 5.69 Å². The van der Waals surface area contributed by atoms with Crippen molar-refractivity contribution >= 4 is 39.1 Å². The fourth-order valence-electron chi connectivity index (χ4n) is 5.00. The van der Waals surface area contributed by atoms with Crippen molar-refractivity contribution in [3.63, 3.8) is 0 Å². The minimum Gasteiger partial charge on any atom is -0.350 e. The van der Waals surface area contributed by atoms with E-state index < -0.39 is 34.1 Å². The second-order valence-electron chi connectivity index (χ2n) is 12.7. The first-order valence-corrected chi connectivity index (χ1v) is 17.0. The Balaban J connectivity index is 1.83.